The van der Waals surface area contributed by atoms with E-state index >= 15 is 0 Å². The molecule has 40 heavy (non-hydrogen) atoms. The molecule has 0 radical (unpaired) electrons. The second kappa shape index (κ2) is 11.3. The van der Waals surface area contributed by atoms with E-state index in [9.17, 15) is 0 Å². The molecule has 0 atom stereocenters. The highest BCUT2D eigenvalue weighted by molar-refractivity contribution is 7.15. The highest BCUT2D eigenvalue weighted by Crippen LogP contribution is 2.37. The van der Waals surface area contributed by atoms with Crippen LogP contribution in [-0.4, -0.2) is 26.7 Å². The van der Waals surface area contributed by atoms with E-state index in [-0.39, 0.29) is 0 Å². The monoisotopic (exact) mass is 541 g/mol. The fourth-order valence-electron chi connectivity index (χ4n) is 5.01. The molecule has 198 valence electrons. The number of hydrogen-bond acceptors (Lipinski definition) is 4. The Kier molecular flexibility index (Phi) is 7.27. The van der Waals surface area contributed by atoms with Crippen molar-refractivity contribution < 1.29 is 0 Å². The zero-order chi connectivity index (χ0) is 27.5. The molecule has 6 rings (SSSR count). The van der Waals surface area contributed by atoms with E-state index in [0.29, 0.717) is 5.65 Å². The molecule has 3 N–H and O–H groups in total. The molecule has 0 unspecified atom stereocenters. The summed E-state index contributed by atoms with van der Waals surface area (Å²) < 4.78 is 0. The molecule has 0 fully saturated rings. The van der Waals surface area contributed by atoms with Gasteiger partial charge < -0.3 is 10.3 Å². The van der Waals surface area contributed by atoms with Gasteiger partial charge in [0.15, 0.2) is 5.65 Å². The number of pyridine rings is 1. The third kappa shape index (κ3) is 5.19. The fraction of sp³-hybridized carbons (Fsp3) is 0.118. The number of fused-ring (bicyclic) bond motifs is 2. The van der Waals surface area contributed by atoms with Gasteiger partial charge >= 0.3 is 0 Å². The Morgan fingerprint density at radius 2 is 1.90 bits per heavy atom. The molecule has 0 amide bonds. The maximum atomic E-state index is 4.69. The van der Waals surface area contributed by atoms with Crippen LogP contribution in [0.3, 0.4) is 0 Å². The predicted molar refractivity (Wildman–Crippen MR) is 169 cm³/mol. The van der Waals surface area contributed by atoms with Crippen LogP contribution >= 0.6 is 11.3 Å². The van der Waals surface area contributed by atoms with Gasteiger partial charge in [0.1, 0.15) is 0 Å². The Balaban J connectivity index is 1.30. The van der Waals surface area contributed by atoms with Gasteiger partial charge in [-0.15, -0.1) is 11.3 Å². The molecule has 0 bridgehead atoms. The Morgan fingerprint density at radius 1 is 1.02 bits per heavy atom. The number of thiophene rings is 1. The average Bonchev–Trinajstić information content (AvgIpc) is 3.72. The molecular formula is C34H31N5S. The number of aryl methyl sites for hydroxylation is 1. The van der Waals surface area contributed by atoms with E-state index in [2.05, 4.69) is 125 Å². The minimum atomic E-state index is 0.694. The van der Waals surface area contributed by atoms with Crippen molar-refractivity contribution in [1.29, 1.82) is 0 Å². The number of allylic oxidation sites excluding steroid dienone is 3. The number of hydrogen-bond donors (Lipinski definition) is 3. The van der Waals surface area contributed by atoms with E-state index in [1.807, 2.05) is 29.7 Å². The summed E-state index contributed by atoms with van der Waals surface area (Å²) in [5.41, 5.74) is 9.45. The van der Waals surface area contributed by atoms with E-state index in [0.717, 1.165) is 52.1 Å². The molecule has 4 aromatic heterocycles. The number of H-pyrrole nitrogens is 2. The number of aromatic nitrogens is 4. The average molecular weight is 542 g/mol. The van der Waals surface area contributed by atoms with Gasteiger partial charge in [-0.2, -0.15) is 5.10 Å². The topological polar surface area (TPSA) is 69.4 Å². The molecular weight excluding hydrogens is 510 g/mol. The second-order valence-corrected chi connectivity index (χ2v) is 11.1. The summed E-state index contributed by atoms with van der Waals surface area (Å²) in [6, 6.07) is 25.6. The lowest BCUT2D eigenvalue weighted by molar-refractivity contribution is 0.747. The van der Waals surface area contributed by atoms with Crippen molar-refractivity contribution in [3.63, 3.8) is 0 Å². The molecule has 0 saturated heterocycles. The molecule has 2 aromatic carbocycles. The predicted octanol–water partition coefficient (Wildman–Crippen LogP) is 8.45. The largest absolute Gasteiger partial charge is 0.353 e. The highest BCUT2D eigenvalue weighted by atomic mass is 32.1. The van der Waals surface area contributed by atoms with Crippen LogP contribution in [0.15, 0.2) is 109 Å². The van der Waals surface area contributed by atoms with Crippen molar-refractivity contribution in [2.75, 3.05) is 6.54 Å². The molecule has 0 spiro atoms. The number of nitrogens with one attached hydrogen (secondary N) is 3. The Labute approximate surface area is 238 Å². The van der Waals surface area contributed by atoms with Crippen molar-refractivity contribution in [3.05, 3.63) is 125 Å². The fourth-order valence-corrected chi connectivity index (χ4v) is 5.92. The normalized spacial score (nSPS) is 12.4. The van der Waals surface area contributed by atoms with Crippen LogP contribution in [0.2, 0.25) is 0 Å². The van der Waals surface area contributed by atoms with Crippen LogP contribution in [0, 0.1) is 6.92 Å². The zero-order valence-electron chi connectivity index (χ0n) is 22.7. The molecule has 0 saturated carbocycles. The van der Waals surface area contributed by atoms with E-state index in [1.54, 1.807) is 0 Å². The Bertz CT molecular complexity index is 1870. The minimum Gasteiger partial charge on any atom is -0.353 e. The van der Waals surface area contributed by atoms with Crippen LogP contribution in [0.5, 0.6) is 0 Å². The van der Waals surface area contributed by atoms with Crippen molar-refractivity contribution >= 4 is 38.8 Å². The van der Waals surface area contributed by atoms with Crippen LogP contribution < -0.4 is 5.32 Å². The molecule has 0 aliphatic rings. The molecule has 0 aliphatic carbocycles. The Hall–Kier alpha value is -4.52. The summed E-state index contributed by atoms with van der Waals surface area (Å²) in [7, 11) is 0. The van der Waals surface area contributed by atoms with Gasteiger partial charge in [-0.3, -0.25) is 5.10 Å². The summed E-state index contributed by atoms with van der Waals surface area (Å²) in [5, 5.41) is 13.4. The second-order valence-electron chi connectivity index (χ2n) is 9.81. The van der Waals surface area contributed by atoms with Crippen molar-refractivity contribution in [3.8, 4) is 21.8 Å². The first-order chi connectivity index (χ1) is 19.6. The van der Waals surface area contributed by atoms with Crippen molar-refractivity contribution in [2.24, 2.45) is 0 Å². The molecule has 6 heteroatoms. The SMILES string of the molecule is C=C/C(=C\C(=C/C)c1cnc2n[nH]c(-c3cc4c(-c5ccc(C)s5)cccc4[nH]3)c2c1)CNCc1ccccc1. The van der Waals surface area contributed by atoms with Crippen LogP contribution in [-0.2, 0) is 6.54 Å². The number of rotatable bonds is 9. The molecule has 5 nitrogen and oxygen atoms in total. The van der Waals surface area contributed by atoms with E-state index in [4.69, 9.17) is 0 Å². The van der Waals surface area contributed by atoms with Crippen LogP contribution in [0.25, 0.3) is 49.3 Å². The molecule has 0 aliphatic heterocycles. The minimum absolute atomic E-state index is 0.694. The quantitative estimate of drug-likeness (QED) is 0.161. The summed E-state index contributed by atoms with van der Waals surface area (Å²) >= 11 is 1.82. The van der Waals surface area contributed by atoms with E-state index in [1.165, 1.54) is 26.3 Å². The van der Waals surface area contributed by atoms with Gasteiger partial charge in [0.05, 0.1) is 11.4 Å². The summed E-state index contributed by atoms with van der Waals surface area (Å²) in [6.45, 7) is 9.77. The number of aromatic amines is 2. The third-order valence-corrected chi connectivity index (χ3v) is 8.13. The highest BCUT2D eigenvalue weighted by Gasteiger charge is 2.15. The lowest BCUT2D eigenvalue weighted by atomic mass is 10.0. The van der Waals surface area contributed by atoms with Gasteiger partial charge in [0.2, 0.25) is 0 Å². The van der Waals surface area contributed by atoms with Gasteiger partial charge in [0, 0.05) is 56.5 Å². The van der Waals surface area contributed by atoms with Crippen molar-refractivity contribution in [1.82, 2.24) is 25.5 Å². The summed E-state index contributed by atoms with van der Waals surface area (Å²) in [4.78, 5) is 10.9. The molecule has 4 heterocycles. The summed E-state index contributed by atoms with van der Waals surface area (Å²) in [5.74, 6) is 0. The first-order valence-electron chi connectivity index (χ1n) is 13.4. The maximum absolute atomic E-state index is 4.69. The standard InChI is InChI=1S/C34H31N5S/c1-4-23(19-35-20-24-10-7-6-8-11-24)16-25(5-2)26-17-29-33(38-39-34(29)36-21-26)31-18-28-27(12-9-13-30(28)37-31)32-15-14-22(3)40-32/h4-18,21,35,37H,1,19-20H2,2-3H3,(H,36,38,39)/b23-16+,25-5+. The van der Waals surface area contributed by atoms with Crippen LogP contribution in [0.4, 0.5) is 0 Å². The first-order valence-corrected chi connectivity index (χ1v) is 14.2. The van der Waals surface area contributed by atoms with Gasteiger partial charge in [-0.05, 0) is 60.9 Å². The summed E-state index contributed by atoms with van der Waals surface area (Å²) in [6.07, 6.45) is 8.08. The smallest absolute Gasteiger partial charge is 0.181 e. The number of nitrogens with zero attached hydrogens (tertiary/aromatic N) is 2. The van der Waals surface area contributed by atoms with Crippen LogP contribution in [0.1, 0.15) is 22.9 Å². The van der Waals surface area contributed by atoms with Gasteiger partial charge in [-0.25, -0.2) is 4.98 Å². The molecule has 6 aromatic rings. The van der Waals surface area contributed by atoms with E-state index < -0.39 is 0 Å². The lowest BCUT2D eigenvalue weighted by Gasteiger charge is -2.08. The van der Waals surface area contributed by atoms with Gasteiger partial charge in [0.25, 0.3) is 0 Å². The number of benzene rings is 2. The van der Waals surface area contributed by atoms with Gasteiger partial charge in [-0.1, -0.05) is 67.3 Å². The maximum Gasteiger partial charge on any atom is 0.181 e. The first kappa shape index (κ1) is 25.7. The third-order valence-electron chi connectivity index (χ3n) is 7.10. The Morgan fingerprint density at radius 3 is 2.67 bits per heavy atom. The van der Waals surface area contributed by atoms with Crippen molar-refractivity contribution in [2.45, 2.75) is 20.4 Å². The lowest BCUT2D eigenvalue weighted by Crippen LogP contribution is -2.15. The zero-order valence-corrected chi connectivity index (χ0v) is 23.5.